The first-order valence-corrected chi connectivity index (χ1v) is 6.02. The molecule has 0 bridgehead atoms. The van der Waals surface area contributed by atoms with Gasteiger partial charge in [-0.25, -0.2) is 0 Å². The second-order valence-corrected chi connectivity index (χ2v) is 4.01. The van der Waals surface area contributed by atoms with Gasteiger partial charge in [0, 0.05) is 25.4 Å². The molecule has 0 radical (unpaired) electrons. The maximum Gasteiger partial charge on any atom is 0.323 e. The lowest BCUT2D eigenvalue weighted by Gasteiger charge is -2.18. The van der Waals surface area contributed by atoms with Gasteiger partial charge < -0.3 is 10.0 Å². The SMILES string of the molecule is CCN(CC(=O)O)C(=O)CCCc1ccncc1. The lowest BCUT2D eigenvalue weighted by Crippen LogP contribution is -2.35. The number of aliphatic carboxylic acids is 1. The van der Waals surface area contributed by atoms with Gasteiger partial charge >= 0.3 is 5.97 Å². The minimum atomic E-state index is -0.973. The molecule has 1 heterocycles. The number of hydrogen-bond donors (Lipinski definition) is 1. The summed E-state index contributed by atoms with van der Waals surface area (Å²) in [5.74, 6) is -1.08. The van der Waals surface area contributed by atoms with Crippen molar-refractivity contribution in [2.24, 2.45) is 0 Å². The topological polar surface area (TPSA) is 70.5 Å². The van der Waals surface area contributed by atoms with E-state index in [2.05, 4.69) is 4.98 Å². The van der Waals surface area contributed by atoms with Crippen molar-refractivity contribution in [3.05, 3.63) is 30.1 Å². The second-order valence-electron chi connectivity index (χ2n) is 4.01. The number of rotatable bonds is 7. The van der Waals surface area contributed by atoms with E-state index in [0.29, 0.717) is 13.0 Å². The molecule has 0 unspecified atom stereocenters. The van der Waals surface area contributed by atoms with Crippen molar-refractivity contribution in [1.29, 1.82) is 0 Å². The summed E-state index contributed by atoms with van der Waals surface area (Å²) in [6.07, 6.45) is 5.35. The Morgan fingerprint density at radius 3 is 2.56 bits per heavy atom. The van der Waals surface area contributed by atoms with E-state index in [0.717, 1.165) is 18.4 Å². The van der Waals surface area contributed by atoms with Gasteiger partial charge in [-0.15, -0.1) is 0 Å². The molecule has 1 rings (SSSR count). The zero-order valence-electron chi connectivity index (χ0n) is 10.5. The smallest absolute Gasteiger partial charge is 0.323 e. The summed E-state index contributed by atoms with van der Waals surface area (Å²) in [5.41, 5.74) is 1.14. The highest BCUT2D eigenvalue weighted by Crippen LogP contribution is 2.05. The number of nitrogens with zero attached hydrogens (tertiary/aromatic N) is 2. The average Bonchev–Trinajstić information content (AvgIpc) is 2.36. The van der Waals surface area contributed by atoms with Crippen LogP contribution in [-0.2, 0) is 16.0 Å². The van der Waals surface area contributed by atoms with Gasteiger partial charge in [-0.05, 0) is 37.5 Å². The monoisotopic (exact) mass is 250 g/mol. The number of aromatic nitrogens is 1. The average molecular weight is 250 g/mol. The Hall–Kier alpha value is -1.91. The van der Waals surface area contributed by atoms with Gasteiger partial charge in [-0.1, -0.05) is 0 Å². The van der Waals surface area contributed by atoms with Crippen molar-refractivity contribution in [2.75, 3.05) is 13.1 Å². The van der Waals surface area contributed by atoms with E-state index >= 15 is 0 Å². The zero-order chi connectivity index (χ0) is 13.4. The molecule has 98 valence electrons. The fraction of sp³-hybridized carbons (Fsp3) is 0.462. The van der Waals surface area contributed by atoms with E-state index < -0.39 is 5.97 Å². The molecule has 0 aliphatic heterocycles. The first-order valence-electron chi connectivity index (χ1n) is 6.02. The van der Waals surface area contributed by atoms with Crippen LogP contribution in [0.15, 0.2) is 24.5 Å². The van der Waals surface area contributed by atoms with Crippen LogP contribution in [0.4, 0.5) is 0 Å². The van der Waals surface area contributed by atoms with E-state index in [1.807, 2.05) is 12.1 Å². The van der Waals surface area contributed by atoms with Crippen LogP contribution >= 0.6 is 0 Å². The molecule has 1 aromatic heterocycles. The lowest BCUT2D eigenvalue weighted by atomic mass is 10.1. The molecule has 0 spiro atoms. The molecule has 5 heteroatoms. The number of carboxylic acid groups (broad SMARTS) is 1. The van der Waals surface area contributed by atoms with Crippen LogP contribution in [0.1, 0.15) is 25.3 Å². The van der Waals surface area contributed by atoms with E-state index in [1.54, 1.807) is 19.3 Å². The number of carbonyl (C=O) groups excluding carboxylic acids is 1. The van der Waals surface area contributed by atoms with E-state index in [-0.39, 0.29) is 12.5 Å². The summed E-state index contributed by atoms with van der Waals surface area (Å²) in [4.78, 5) is 27.6. The maximum absolute atomic E-state index is 11.8. The molecule has 1 N–H and O–H groups in total. The summed E-state index contributed by atoms with van der Waals surface area (Å²) in [6, 6.07) is 3.83. The molecule has 1 aromatic rings. The van der Waals surface area contributed by atoms with Gasteiger partial charge in [0.05, 0.1) is 0 Å². The normalized spacial score (nSPS) is 10.1. The van der Waals surface area contributed by atoms with Crippen LogP contribution in [0.5, 0.6) is 0 Å². The summed E-state index contributed by atoms with van der Waals surface area (Å²) in [7, 11) is 0. The van der Waals surface area contributed by atoms with Crippen molar-refractivity contribution >= 4 is 11.9 Å². The minimum Gasteiger partial charge on any atom is -0.480 e. The van der Waals surface area contributed by atoms with Gasteiger partial charge in [0.1, 0.15) is 6.54 Å². The summed E-state index contributed by atoms with van der Waals surface area (Å²) in [6.45, 7) is 1.99. The first kappa shape index (κ1) is 14.2. The second kappa shape index (κ2) is 7.42. The van der Waals surface area contributed by atoms with E-state index in [1.165, 1.54) is 4.90 Å². The Bertz CT molecular complexity index is 392. The standard InChI is InChI=1S/C13H18N2O3/c1-2-15(10-13(17)18)12(16)5-3-4-11-6-8-14-9-7-11/h6-9H,2-5,10H2,1H3,(H,17,18). The molecular formula is C13H18N2O3. The third-order valence-electron chi connectivity index (χ3n) is 2.67. The van der Waals surface area contributed by atoms with Crippen LogP contribution in [0.3, 0.4) is 0 Å². The van der Waals surface area contributed by atoms with Crippen LogP contribution in [0, 0.1) is 0 Å². The molecule has 0 aliphatic rings. The number of amides is 1. The highest BCUT2D eigenvalue weighted by Gasteiger charge is 2.14. The maximum atomic E-state index is 11.8. The fourth-order valence-corrected chi connectivity index (χ4v) is 1.69. The van der Waals surface area contributed by atoms with Gasteiger partial charge in [-0.3, -0.25) is 14.6 Å². The third-order valence-corrected chi connectivity index (χ3v) is 2.67. The molecule has 0 aromatic carbocycles. The number of aryl methyl sites for hydroxylation is 1. The highest BCUT2D eigenvalue weighted by molar-refractivity contribution is 5.81. The van der Waals surface area contributed by atoms with Crippen LogP contribution < -0.4 is 0 Å². The van der Waals surface area contributed by atoms with E-state index in [4.69, 9.17) is 5.11 Å². The number of carboxylic acids is 1. The molecule has 0 aliphatic carbocycles. The predicted octanol–water partition coefficient (Wildman–Crippen LogP) is 1.34. The lowest BCUT2D eigenvalue weighted by molar-refractivity contribution is -0.144. The molecule has 1 amide bonds. The van der Waals surface area contributed by atoms with E-state index in [9.17, 15) is 9.59 Å². The molecule has 0 fully saturated rings. The summed E-state index contributed by atoms with van der Waals surface area (Å²) < 4.78 is 0. The quantitative estimate of drug-likeness (QED) is 0.792. The van der Waals surface area contributed by atoms with Crippen molar-refractivity contribution in [2.45, 2.75) is 26.2 Å². The molecule has 18 heavy (non-hydrogen) atoms. The molecule has 0 atom stereocenters. The first-order chi connectivity index (χ1) is 8.63. The van der Waals surface area contributed by atoms with Gasteiger partial charge in [0.25, 0.3) is 0 Å². The fourth-order valence-electron chi connectivity index (χ4n) is 1.69. The Morgan fingerprint density at radius 1 is 1.33 bits per heavy atom. The van der Waals surface area contributed by atoms with Crippen molar-refractivity contribution in [3.8, 4) is 0 Å². The largest absolute Gasteiger partial charge is 0.480 e. The molecule has 0 saturated heterocycles. The number of likely N-dealkylation sites (N-methyl/N-ethyl adjacent to an activating group) is 1. The highest BCUT2D eigenvalue weighted by atomic mass is 16.4. The van der Waals surface area contributed by atoms with Gasteiger partial charge in [0.2, 0.25) is 5.91 Å². The van der Waals surface area contributed by atoms with Crippen molar-refractivity contribution in [3.63, 3.8) is 0 Å². The minimum absolute atomic E-state index is 0.103. The Kier molecular flexibility index (Phi) is 5.84. The summed E-state index contributed by atoms with van der Waals surface area (Å²) in [5, 5.41) is 8.67. The van der Waals surface area contributed by atoms with Gasteiger partial charge in [0.15, 0.2) is 0 Å². The summed E-state index contributed by atoms with van der Waals surface area (Å²) >= 11 is 0. The Labute approximate surface area is 106 Å². The van der Waals surface area contributed by atoms with Crippen LogP contribution in [-0.4, -0.2) is 40.0 Å². The Balaban J connectivity index is 2.34. The molecule has 5 nitrogen and oxygen atoms in total. The number of hydrogen-bond acceptors (Lipinski definition) is 3. The van der Waals surface area contributed by atoms with Crippen LogP contribution in [0.25, 0.3) is 0 Å². The zero-order valence-corrected chi connectivity index (χ0v) is 10.5. The van der Waals surface area contributed by atoms with Crippen LogP contribution in [0.2, 0.25) is 0 Å². The van der Waals surface area contributed by atoms with Gasteiger partial charge in [-0.2, -0.15) is 0 Å². The predicted molar refractivity (Wildman–Crippen MR) is 67.1 cm³/mol. The molecule has 0 saturated carbocycles. The number of carbonyl (C=O) groups is 2. The Morgan fingerprint density at radius 2 is 2.00 bits per heavy atom. The van der Waals surface area contributed by atoms with Crippen molar-refractivity contribution < 1.29 is 14.7 Å². The number of pyridine rings is 1. The van der Waals surface area contributed by atoms with Crippen molar-refractivity contribution in [1.82, 2.24) is 9.88 Å². The third kappa shape index (κ3) is 4.95. The molecular weight excluding hydrogens is 232 g/mol.